The van der Waals surface area contributed by atoms with Gasteiger partial charge in [-0.25, -0.2) is 12.7 Å². The van der Waals surface area contributed by atoms with Gasteiger partial charge in [0.1, 0.15) is 11.5 Å². The molecule has 1 heterocycles. The van der Waals surface area contributed by atoms with Crippen LogP contribution in [-0.4, -0.2) is 42.7 Å². The van der Waals surface area contributed by atoms with Crippen LogP contribution in [0.2, 0.25) is 10.0 Å². The van der Waals surface area contributed by atoms with Crippen molar-refractivity contribution >= 4 is 33.2 Å². The Labute approximate surface area is 158 Å². The van der Waals surface area contributed by atoms with Crippen molar-refractivity contribution in [3.63, 3.8) is 0 Å². The molecule has 0 bridgehead atoms. The van der Waals surface area contributed by atoms with Crippen LogP contribution in [0.1, 0.15) is 18.3 Å². The average Bonchev–Trinajstić information content (AvgIpc) is 2.83. The quantitative estimate of drug-likeness (QED) is 0.706. The number of nitrogens with zero attached hydrogens (tertiary/aromatic N) is 3. The van der Waals surface area contributed by atoms with Crippen LogP contribution in [0.15, 0.2) is 23.1 Å². The Hall–Kier alpha value is -1.28. The average molecular weight is 406 g/mol. The summed E-state index contributed by atoms with van der Waals surface area (Å²) in [4.78, 5) is 0.243. The van der Waals surface area contributed by atoms with E-state index in [9.17, 15) is 8.42 Å². The van der Waals surface area contributed by atoms with Crippen molar-refractivity contribution < 1.29 is 13.2 Å². The summed E-state index contributed by atoms with van der Waals surface area (Å²) in [5.74, 6) is 0.408. The predicted octanol–water partition coefficient (Wildman–Crippen LogP) is 3.53. The summed E-state index contributed by atoms with van der Waals surface area (Å²) >= 11 is 12.1. The minimum atomic E-state index is -3.55. The van der Waals surface area contributed by atoms with Crippen LogP contribution in [0, 0.1) is 13.8 Å². The van der Waals surface area contributed by atoms with E-state index in [-0.39, 0.29) is 11.5 Å². The zero-order valence-corrected chi connectivity index (χ0v) is 16.9. The fraction of sp³-hybridized carbons (Fsp3) is 0.438. The zero-order chi connectivity index (χ0) is 18.8. The molecule has 1 aromatic heterocycles. The molecule has 138 valence electrons. The van der Waals surface area contributed by atoms with Crippen LogP contribution in [0.5, 0.6) is 5.75 Å². The Balaban J connectivity index is 2.19. The second kappa shape index (κ2) is 7.95. The van der Waals surface area contributed by atoms with Gasteiger partial charge in [-0.1, -0.05) is 36.2 Å². The highest BCUT2D eigenvalue weighted by atomic mass is 35.5. The molecule has 25 heavy (non-hydrogen) atoms. The van der Waals surface area contributed by atoms with Gasteiger partial charge in [0, 0.05) is 13.6 Å². The molecule has 1 aromatic carbocycles. The highest BCUT2D eigenvalue weighted by Gasteiger charge is 2.27. The Bertz CT molecular complexity index is 846. The summed E-state index contributed by atoms with van der Waals surface area (Å²) < 4.78 is 33.8. The van der Waals surface area contributed by atoms with Gasteiger partial charge in [-0.15, -0.1) is 0 Å². The summed E-state index contributed by atoms with van der Waals surface area (Å²) in [5.41, 5.74) is 1.04. The fourth-order valence-corrected chi connectivity index (χ4v) is 4.50. The molecule has 2 rings (SSSR count). The molecule has 0 aliphatic rings. The van der Waals surface area contributed by atoms with Crippen LogP contribution in [0.25, 0.3) is 0 Å². The summed E-state index contributed by atoms with van der Waals surface area (Å²) in [6, 6.07) is 5.12. The van der Waals surface area contributed by atoms with Crippen molar-refractivity contribution in [1.29, 1.82) is 0 Å². The van der Waals surface area contributed by atoms with E-state index in [1.165, 1.54) is 4.31 Å². The first-order valence-electron chi connectivity index (χ1n) is 7.77. The molecule has 0 amide bonds. The molecule has 0 aliphatic heterocycles. The molecule has 0 spiro atoms. The summed E-state index contributed by atoms with van der Waals surface area (Å²) in [5, 5.41) is 5.18. The lowest BCUT2D eigenvalue weighted by molar-refractivity contribution is 0.289. The number of para-hydroxylation sites is 1. The Morgan fingerprint density at radius 3 is 2.40 bits per heavy atom. The first-order chi connectivity index (χ1) is 11.7. The van der Waals surface area contributed by atoms with Crippen molar-refractivity contribution in [2.24, 2.45) is 0 Å². The van der Waals surface area contributed by atoms with E-state index in [2.05, 4.69) is 5.10 Å². The van der Waals surface area contributed by atoms with E-state index in [0.29, 0.717) is 40.3 Å². The van der Waals surface area contributed by atoms with Crippen LogP contribution >= 0.6 is 23.2 Å². The lowest BCUT2D eigenvalue weighted by Crippen LogP contribution is -2.27. The largest absolute Gasteiger partial charge is 0.489 e. The minimum absolute atomic E-state index is 0.243. The highest BCUT2D eigenvalue weighted by molar-refractivity contribution is 7.89. The smallest absolute Gasteiger partial charge is 0.246 e. The second-order valence-corrected chi connectivity index (χ2v) is 8.34. The van der Waals surface area contributed by atoms with Gasteiger partial charge in [0.05, 0.1) is 28.0 Å². The van der Waals surface area contributed by atoms with Gasteiger partial charge >= 0.3 is 0 Å². The molecule has 0 atom stereocenters. The van der Waals surface area contributed by atoms with Crippen molar-refractivity contribution in [2.75, 3.05) is 20.2 Å². The lowest BCUT2D eigenvalue weighted by Gasteiger charge is -2.15. The van der Waals surface area contributed by atoms with Gasteiger partial charge in [0.2, 0.25) is 10.0 Å². The third-order valence-corrected chi connectivity index (χ3v) is 6.68. The molecule has 6 nitrogen and oxygen atoms in total. The SMILES string of the molecule is CCN(C)S(=O)(=O)c1c(C)nn(CCOc2c(Cl)cccc2Cl)c1C. The number of benzene rings is 1. The number of hydrogen-bond acceptors (Lipinski definition) is 4. The maximum absolute atomic E-state index is 12.6. The number of sulfonamides is 1. The fourth-order valence-electron chi connectivity index (χ4n) is 2.45. The number of rotatable bonds is 7. The molecular formula is C16H21Cl2N3O3S. The first kappa shape index (κ1) is 20.0. The third kappa shape index (κ3) is 4.11. The van der Waals surface area contributed by atoms with Crippen molar-refractivity contribution in [3.05, 3.63) is 39.6 Å². The number of hydrogen-bond donors (Lipinski definition) is 0. The van der Waals surface area contributed by atoms with E-state index in [1.807, 2.05) is 0 Å². The first-order valence-corrected chi connectivity index (χ1v) is 9.96. The highest BCUT2D eigenvalue weighted by Crippen LogP contribution is 2.32. The maximum Gasteiger partial charge on any atom is 0.246 e. The number of aromatic nitrogens is 2. The van der Waals surface area contributed by atoms with Gasteiger partial charge < -0.3 is 4.74 Å². The maximum atomic E-state index is 12.6. The topological polar surface area (TPSA) is 64.4 Å². The Morgan fingerprint density at radius 1 is 1.24 bits per heavy atom. The van der Waals surface area contributed by atoms with Crippen LogP contribution in [0.3, 0.4) is 0 Å². The zero-order valence-electron chi connectivity index (χ0n) is 14.6. The van der Waals surface area contributed by atoms with Crippen LogP contribution in [-0.2, 0) is 16.6 Å². The normalized spacial score (nSPS) is 12.0. The molecule has 0 radical (unpaired) electrons. The molecular weight excluding hydrogens is 385 g/mol. The molecule has 0 saturated heterocycles. The molecule has 0 unspecified atom stereocenters. The Kier molecular flexibility index (Phi) is 6.37. The minimum Gasteiger partial charge on any atom is -0.489 e. The predicted molar refractivity (Wildman–Crippen MR) is 99.1 cm³/mol. The monoisotopic (exact) mass is 405 g/mol. The van der Waals surface area contributed by atoms with E-state index in [0.717, 1.165) is 0 Å². The summed E-state index contributed by atoms with van der Waals surface area (Å²) in [6.07, 6.45) is 0. The van der Waals surface area contributed by atoms with Crippen molar-refractivity contribution in [3.8, 4) is 5.75 Å². The summed E-state index contributed by atoms with van der Waals surface area (Å²) in [6.45, 7) is 6.23. The number of ether oxygens (including phenoxy) is 1. The molecule has 0 N–H and O–H groups in total. The molecule has 0 aliphatic carbocycles. The van der Waals surface area contributed by atoms with Gasteiger partial charge in [-0.3, -0.25) is 4.68 Å². The molecule has 9 heteroatoms. The van der Waals surface area contributed by atoms with E-state index in [4.69, 9.17) is 27.9 Å². The molecule has 0 fully saturated rings. The molecule has 0 saturated carbocycles. The van der Waals surface area contributed by atoms with Gasteiger partial charge in [0.25, 0.3) is 0 Å². The number of aryl methyl sites for hydroxylation is 1. The molecule has 2 aromatic rings. The van der Waals surface area contributed by atoms with Crippen LogP contribution in [0.4, 0.5) is 0 Å². The number of halogens is 2. The van der Waals surface area contributed by atoms with Gasteiger partial charge in [-0.2, -0.15) is 5.10 Å². The summed E-state index contributed by atoms with van der Waals surface area (Å²) in [7, 11) is -2.00. The third-order valence-electron chi connectivity index (χ3n) is 3.90. The lowest BCUT2D eigenvalue weighted by atomic mass is 10.3. The van der Waals surface area contributed by atoms with Crippen molar-refractivity contribution in [1.82, 2.24) is 14.1 Å². The second-order valence-electron chi connectivity index (χ2n) is 5.54. The van der Waals surface area contributed by atoms with Crippen LogP contribution < -0.4 is 4.74 Å². The van der Waals surface area contributed by atoms with E-state index < -0.39 is 10.0 Å². The standard InChI is InChI=1S/C16H21Cl2N3O3S/c1-5-20(4)25(22,23)16-11(2)19-21(12(16)3)9-10-24-15-13(17)7-6-8-14(15)18/h6-8H,5,9-10H2,1-4H3. The Morgan fingerprint density at radius 2 is 1.84 bits per heavy atom. The van der Waals surface area contributed by atoms with E-state index in [1.54, 1.807) is 50.7 Å². The van der Waals surface area contributed by atoms with Gasteiger partial charge in [0.15, 0.2) is 5.75 Å². The van der Waals surface area contributed by atoms with Crippen molar-refractivity contribution in [2.45, 2.75) is 32.2 Å². The van der Waals surface area contributed by atoms with E-state index >= 15 is 0 Å². The van der Waals surface area contributed by atoms with Gasteiger partial charge in [-0.05, 0) is 26.0 Å².